The standard InChI is InChI=1S/C15H24N2O2S/c1-11-10-16-14(19-11)12(2)17-13-3-6-18-15(9-13)4-7-20-8-5-15/h10,12-13,17H,3-9H2,1-2H3. The van der Waals surface area contributed by atoms with Crippen LogP contribution in [0.4, 0.5) is 0 Å². The highest BCUT2D eigenvalue weighted by molar-refractivity contribution is 7.99. The van der Waals surface area contributed by atoms with E-state index in [2.05, 4.69) is 29.0 Å². The van der Waals surface area contributed by atoms with Crippen LogP contribution in [0.15, 0.2) is 10.6 Å². The van der Waals surface area contributed by atoms with Crippen molar-refractivity contribution in [3.05, 3.63) is 17.8 Å². The van der Waals surface area contributed by atoms with Gasteiger partial charge < -0.3 is 14.5 Å². The number of hydrogen-bond acceptors (Lipinski definition) is 5. The van der Waals surface area contributed by atoms with E-state index >= 15 is 0 Å². The molecule has 0 aromatic carbocycles. The molecule has 20 heavy (non-hydrogen) atoms. The molecular formula is C15H24N2O2S. The van der Waals surface area contributed by atoms with E-state index in [1.807, 2.05) is 6.92 Å². The van der Waals surface area contributed by atoms with Gasteiger partial charge in [0.2, 0.25) is 5.89 Å². The molecule has 1 aromatic rings. The summed E-state index contributed by atoms with van der Waals surface area (Å²) >= 11 is 2.05. The van der Waals surface area contributed by atoms with Crippen LogP contribution >= 0.6 is 11.8 Å². The first-order valence-electron chi connectivity index (χ1n) is 7.57. The predicted octanol–water partition coefficient (Wildman–Crippen LogP) is 3.08. The SMILES string of the molecule is Cc1cnc(C(C)NC2CCOC3(CCSCC3)C2)o1. The summed E-state index contributed by atoms with van der Waals surface area (Å²) in [5.41, 5.74) is 0.132. The fourth-order valence-corrected chi connectivity index (χ4v) is 4.50. The fraction of sp³-hybridized carbons (Fsp3) is 0.800. The molecule has 0 aliphatic carbocycles. The Bertz CT molecular complexity index is 437. The van der Waals surface area contributed by atoms with Gasteiger partial charge in [-0.3, -0.25) is 0 Å². The lowest BCUT2D eigenvalue weighted by Gasteiger charge is -2.44. The van der Waals surface area contributed by atoms with Gasteiger partial charge in [-0.25, -0.2) is 4.98 Å². The molecule has 0 saturated carbocycles. The Balaban J connectivity index is 1.59. The van der Waals surface area contributed by atoms with Gasteiger partial charge in [0, 0.05) is 12.6 Å². The minimum atomic E-state index is 0.132. The van der Waals surface area contributed by atoms with E-state index in [9.17, 15) is 0 Å². The van der Waals surface area contributed by atoms with E-state index in [4.69, 9.17) is 9.15 Å². The van der Waals surface area contributed by atoms with E-state index in [1.54, 1.807) is 6.20 Å². The van der Waals surface area contributed by atoms with Crippen LogP contribution in [0.2, 0.25) is 0 Å². The van der Waals surface area contributed by atoms with Crippen LogP contribution in [-0.4, -0.2) is 34.7 Å². The molecule has 1 spiro atoms. The van der Waals surface area contributed by atoms with Gasteiger partial charge in [-0.15, -0.1) is 0 Å². The van der Waals surface area contributed by atoms with Gasteiger partial charge in [0.15, 0.2) is 0 Å². The lowest BCUT2D eigenvalue weighted by Crippen LogP contribution is -2.49. The Morgan fingerprint density at radius 2 is 2.25 bits per heavy atom. The maximum Gasteiger partial charge on any atom is 0.211 e. The van der Waals surface area contributed by atoms with Crippen molar-refractivity contribution in [2.75, 3.05) is 18.1 Å². The molecule has 0 bridgehead atoms. The third kappa shape index (κ3) is 3.21. The Kier molecular flexibility index (Phi) is 4.38. The van der Waals surface area contributed by atoms with Crippen LogP contribution < -0.4 is 5.32 Å². The van der Waals surface area contributed by atoms with E-state index in [0.29, 0.717) is 6.04 Å². The molecule has 0 radical (unpaired) electrons. The zero-order valence-electron chi connectivity index (χ0n) is 12.4. The first kappa shape index (κ1) is 14.4. The lowest BCUT2D eigenvalue weighted by molar-refractivity contribution is -0.0943. The number of nitrogens with zero attached hydrogens (tertiary/aromatic N) is 1. The van der Waals surface area contributed by atoms with Crippen molar-refractivity contribution < 1.29 is 9.15 Å². The van der Waals surface area contributed by atoms with E-state index in [0.717, 1.165) is 31.1 Å². The molecule has 2 aliphatic rings. The maximum atomic E-state index is 6.14. The number of oxazole rings is 1. The van der Waals surface area contributed by atoms with Crippen molar-refractivity contribution in [3.63, 3.8) is 0 Å². The minimum Gasteiger partial charge on any atom is -0.444 e. The largest absolute Gasteiger partial charge is 0.444 e. The zero-order valence-corrected chi connectivity index (χ0v) is 13.2. The number of nitrogens with one attached hydrogen (secondary N) is 1. The summed E-state index contributed by atoms with van der Waals surface area (Å²) in [7, 11) is 0. The summed E-state index contributed by atoms with van der Waals surface area (Å²) in [6.07, 6.45) is 6.39. The van der Waals surface area contributed by atoms with Crippen LogP contribution in [0, 0.1) is 6.92 Å². The van der Waals surface area contributed by atoms with Crippen LogP contribution in [0.25, 0.3) is 0 Å². The van der Waals surface area contributed by atoms with Crippen LogP contribution in [-0.2, 0) is 4.74 Å². The fourth-order valence-electron chi connectivity index (χ4n) is 3.26. The molecule has 1 aromatic heterocycles. The Hall–Kier alpha value is -0.520. The average molecular weight is 296 g/mol. The summed E-state index contributed by atoms with van der Waals surface area (Å²) in [5.74, 6) is 4.14. The molecule has 5 heteroatoms. The van der Waals surface area contributed by atoms with Gasteiger partial charge in [-0.1, -0.05) is 0 Å². The Morgan fingerprint density at radius 3 is 2.95 bits per heavy atom. The second-order valence-electron chi connectivity index (χ2n) is 6.03. The molecular weight excluding hydrogens is 272 g/mol. The molecule has 2 aliphatic heterocycles. The van der Waals surface area contributed by atoms with E-state index in [-0.39, 0.29) is 11.6 Å². The topological polar surface area (TPSA) is 47.3 Å². The highest BCUT2D eigenvalue weighted by atomic mass is 32.2. The maximum absolute atomic E-state index is 6.14. The van der Waals surface area contributed by atoms with Crippen LogP contribution in [0.1, 0.15) is 50.3 Å². The highest BCUT2D eigenvalue weighted by Gasteiger charge is 2.39. The average Bonchev–Trinajstić information content (AvgIpc) is 2.86. The number of ether oxygens (including phenoxy) is 1. The quantitative estimate of drug-likeness (QED) is 0.929. The Morgan fingerprint density at radius 1 is 1.45 bits per heavy atom. The molecule has 1 N–H and O–H groups in total. The van der Waals surface area contributed by atoms with Crippen molar-refractivity contribution >= 4 is 11.8 Å². The van der Waals surface area contributed by atoms with Crippen molar-refractivity contribution in [2.45, 2.75) is 57.2 Å². The molecule has 0 amide bonds. The first-order chi connectivity index (χ1) is 9.67. The van der Waals surface area contributed by atoms with Gasteiger partial charge in [0.25, 0.3) is 0 Å². The molecule has 2 fully saturated rings. The van der Waals surface area contributed by atoms with E-state index in [1.165, 1.54) is 24.3 Å². The lowest BCUT2D eigenvalue weighted by atomic mass is 9.85. The monoisotopic (exact) mass is 296 g/mol. The third-order valence-electron chi connectivity index (χ3n) is 4.39. The Labute approximate surface area is 125 Å². The highest BCUT2D eigenvalue weighted by Crippen LogP contribution is 2.37. The number of thioether (sulfide) groups is 1. The van der Waals surface area contributed by atoms with Gasteiger partial charge in [-0.2, -0.15) is 11.8 Å². The number of hydrogen-bond donors (Lipinski definition) is 1. The van der Waals surface area contributed by atoms with E-state index < -0.39 is 0 Å². The first-order valence-corrected chi connectivity index (χ1v) is 8.72. The van der Waals surface area contributed by atoms with Gasteiger partial charge in [0.05, 0.1) is 17.8 Å². The summed E-state index contributed by atoms with van der Waals surface area (Å²) in [4.78, 5) is 4.32. The molecule has 2 unspecified atom stereocenters. The third-order valence-corrected chi connectivity index (χ3v) is 5.38. The van der Waals surface area contributed by atoms with Crippen LogP contribution in [0.3, 0.4) is 0 Å². The second kappa shape index (κ2) is 6.08. The molecule has 4 nitrogen and oxygen atoms in total. The molecule has 2 atom stereocenters. The second-order valence-corrected chi connectivity index (χ2v) is 7.26. The van der Waals surface area contributed by atoms with Crippen molar-refractivity contribution in [1.82, 2.24) is 10.3 Å². The van der Waals surface area contributed by atoms with Gasteiger partial charge in [0.1, 0.15) is 5.76 Å². The van der Waals surface area contributed by atoms with Crippen LogP contribution in [0.5, 0.6) is 0 Å². The smallest absolute Gasteiger partial charge is 0.211 e. The van der Waals surface area contributed by atoms with Crippen molar-refractivity contribution in [3.8, 4) is 0 Å². The predicted molar refractivity (Wildman–Crippen MR) is 81.1 cm³/mol. The summed E-state index contributed by atoms with van der Waals surface area (Å²) < 4.78 is 11.8. The van der Waals surface area contributed by atoms with Crippen molar-refractivity contribution in [2.24, 2.45) is 0 Å². The molecule has 2 saturated heterocycles. The van der Waals surface area contributed by atoms with Crippen molar-refractivity contribution in [1.29, 1.82) is 0 Å². The molecule has 3 rings (SSSR count). The number of aromatic nitrogens is 1. The zero-order chi connectivity index (χ0) is 14.0. The summed E-state index contributed by atoms with van der Waals surface area (Å²) in [6.45, 7) is 4.94. The van der Waals surface area contributed by atoms with Gasteiger partial charge in [-0.05, 0) is 51.0 Å². The molecule has 3 heterocycles. The summed E-state index contributed by atoms with van der Waals surface area (Å²) in [5, 5.41) is 3.68. The van der Waals surface area contributed by atoms with Gasteiger partial charge >= 0.3 is 0 Å². The minimum absolute atomic E-state index is 0.132. The summed E-state index contributed by atoms with van der Waals surface area (Å²) in [6, 6.07) is 0.677. The number of aryl methyl sites for hydroxylation is 1. The number of rotatable bonds is 3. The molecule has 112 valence electrons. The normalized spacial score (nSPS) is 27.6.